The normalized spacial score (nSPS) is 29.5. The first kappa shape index (κ1) is 14.8. The van der Waals surface area contributed by atoms with Crippen LogP contribution in [0.5, 0.6) is 0 Å². The van der Waals surface area contributed by atoms with Crippen LogP contribution in [-0.2, 0) is 9.53 Å². The number of hydrogen-bond acceptors (Lipinski definition) is 3. The molecule has 0 bridgehead atoms. The summed E-state index contributed by atoms with van der Waals surface area (Å²) in [6, 6.07) is 0. The van der Waals surface area contributed by atoms with Crippen LogP contribution < -0.4 is 5.73 Å². The summed E-state index contributed by atoms with van der Waals surface area (Å²) >= 11 is 0. The Morgan fingerprint density at radius 2 is 2.00 bits per heavy atom. The lowest BCUT2D eigenvalue weighted by molar-refractivity contribution is -0.168. The summed E-state index contributed by atoms with van der Waals surface area (Å²) in [5.74, 6) is 0.335. The Balaban J connectivity index is 2.13. The number of carbonyl (C=O) groups excluding carboxylic acids is 1. The fourth-order valence-corrected chi connectivity index (χ4v) is 3.68. The summed E-state index contributed by atoms with van der Waals surface area (Å²) in [6.07, 6.45) is 5.40. The Morgan fingerprint density at radius 3 is 2.53 bits per heavy atom. The van der Waals surface area contributed by atoms with Crippen LogP contribution in [0.4, 0.5) is 0 Å². The molecule has 1 saturated carbocycles. The minimum Gasteiger partial charge on any atom is -0.367 e. The molecule has 1 aliphatic heterocycles. The lowest BCUT2D eigenvalue weighted by atomic mass is 9.81. The van der Waals surface area contributed by atoms with E-state index in [1.165, 1.54) is 12.8 Å². The molecule has 0 radical (unpaired) electrons. The first-order valence-electron chi connectivity index (χ1n) is 7.60. The zero-order valence-corrected chi connectivity index (χ0v) is 12.6. The number of amides is 1. The van der Waals surface area contributed by atoms with Gasteiger partial charge in [-0.05, 0) is 33.1 Å². The molecule has 1 amide bonds. The second-order valence-electron chi connectivity index (χ2n) is 6.76. The molecule has 1 atom stereocenters. The third-order valence-electron chi connectivity index (χ3n) is 4.72. The second kappa shape index (κ2) is 5.41. The molecular formula is C15H28N2O2. The van der Waals surface area contributed by atoms with Gasteiger partial charge in [0.15, 0.2) is 0 Å². The van der Waals surface area contributed by atoms with E-state index in [-0.39, 0.29) is 17.1 Å². The van der Waals surface area contributed by atoms with Crippen molar-refractivity contribution in [2.75, 3.05) is 19.6 Å². The zero-order valence-electron chi connectivity index (χ0n) is 12.6. The molecule has 2 aliphatic rings. The third-order valence-corrected chi connectivity index (χ3v) is 4.72. The summed E-state index contributed by atoms with van der Waals surface area (Å²) in [4.78, 5) is 14.9. The van der Waals surface area contributed by atoms with Crippen LogP contribution in [-0.4, -0.2) is 42.1 Å². The van der Waals surface area contributed by atoms with Crippen molar-refractivity contribution in [3.8, 4) is 0 Å². The Kier molecular flexibility index (Phi) is 4.21. The van der Waals surface area contributed by atoms with Crippen molar-refractivity contribution in [1.29, 1.82) is 0 Å². The van der Waals surface area contributed by atoms with Gasteiger partial charge in [0, 0.05) is 25.0 Å². The number of nitrogens with two attached hydrogens (primary N) is 1. The number of rotatable bonds is 3. The Labute approximate surface area is 116 Å². The zero-order chi connectivity index (χ0) is 14.1. The monoisotopic (exact) mass is 268 g/mol. The van der Waals surface area contributed by atoms with Gasteiger partial charge in [0.1, 0.15) is 0 Å². The van der Waals surface area contributed by atoms with Gasteiger partial charge in [0.2, 0.25) is 5.91 Å². The maximum Gasteiger partial charge on any atom is 0.228 e. The lowest BCUT2D eigenvalue weighted by Gasteiger charge is -2.45. The number of hydrogen-bond donors (Lipinski definition) is 1. The van der Waals surface area contributed by atoms with Crippen molar-refractivity contribution < 1.29 is 9.53 Å². The highest BCUT2D eigenvalue weighted by molar-refractivity contribution is 5.83. The largest absolute Gasteiger partial charge is 0.367 e. The van der Waals surface area contributed by atoms with Crippen molar-refractivity contribution in [3.05, 3.63) is 0 Å². The molecule has 1 unspecified atom stereocenters. The summed E-state index contributed by atoms with van der Waals surface area (Å²) < 4.78 is 5.91. The highest BCUT2D eigenvalue weighted by atomic mass is 16.5. The van der Waals surface area contributed by atoms with Gasteiger partial charge in [-0.2, -0.15) is 0 Å². The Bertz CT molecular complexity index is 335. The third kappa shape index (κ3) is 2.95. The predicted octanol–water partition coefficient (Wildman–Crippen LogP) is 1.92. The van der Waals surface area contributed by atoms with E-state index in [1.54, 1.807) is 0 Å². The van der Waals surface area contributed by atoms with Crippen LogP contribution >= 0.6 is 0 Å². The first-order chi connectivity index (χ1) is 8.92. The average molecular weight is 268 g/mol. The lowest BCUT2D eigenvalue weighted by Crippen LogP contribution is -2.58. The highest BCUT2D eigenvalue weighted by Gasteiger charge is 2.45. The van der Waals surface area contributed by atoms with Crippen LogP contribution in [0.25, 0.3) is 0 Å². The minimum atomic E-state index is -0.286. The molecule has 1 saturated heterocycles. The molecule has 4 heteroatoms. The molecule has 2 fully saturated rings. The molecule has 110 valence electrons. The molecule has 1 aliphatic carbocycles. The number of morpholine rings is 1. The van der Waals surface area contributed by atoms with Crippen LogP contribution in [0.15, 0.2) is 0 Å². The van der Waals surface area contributed by atoms with E-state index >= 15 is 0 Å². The van der Waals surface area contributed by atoms with E-state index in [9.17, 15) is 4.79 Å². The second-order valence-corrected chi connectivity index (χ2v) is 6.76. The maximum absolute atomic E-state index is 12.9. The topological polar surface area (TPSA) is 55.6 Å². The molecule has 0 aromatic carbocycles. The van der Waals surface area contributed by atoms with Gasteiger partial charge >= 0.3 is 0 Å². The van der Waals surface area contributed by atoms with E-state index in [1.807, 2.05) is 18.7 Å². The van der Waals surface area contributed by atoms with Gasteiger partial charge in [-0.3, -0.25) is 4.79 Å². The van der Waals surface area contributed by atoms with Crippen molar-refractivity contribution in [3.63, 3.8) is 0 Å². The van der Waals surface area contributed by atoms with Crippen molar-refractivity contribution in [1.82, 2.24) is 4.90 Å². The number of carbonyl (C=O) groups is 1. The fraction of sp³-hybridized carbons (Fsp3) is 0.933. The quantitative estimate of drug-likeness (QED) is 0.851. The molecule has 4 nitrogen and oxygen atoms in total. The fourth-order valence-electron chi connectivity index (χ4n) is 3.68. The van der Waals surface area contributed by atoms with Gasteiger partial charge < -0.3 is 15.4 Å². The van der Waals surface area contributed by atoms with Gasteiger partial charge in [0.05, 0.1) is 11.7 Å². The molecule has 2 N–H and O–H groups in total. The SMILES string of the molecule is CCC1(C(=O)N2CC(CN)OC(C)(C)C2)CCCC1. The van der Waals surface area contributed by atoms with E-state index in [0.29, 0.717) is 25.5 Å². The van der Waals surface area contributed by atoms with E-state index < -0.39 is 0 Å². The molecule has 0 spiro atoms. The predicted molar refractivity (Wildman–Crippen MR) is 75.8 cm³/mol. The van der Waals surface area contributed by atoms with Crippen molar-refractivity contribution in [2.24, 2.45) is 11.1 Å². The van der Waals surface area contributed by atoms with Crippen LogP contribution in [0.3, 0.4) is 0 Å². The smallest absolute Gasteiger partial charge is 0.228 e. The molecule has 0 aromatic rings. The van der Waals surface area contributed by atoms with Crippen molar-refractivity contribution in [2.45, 2.75) is 64.6 Å². The Morgan fingerprint density at radius 1 is 1.37 bits per heavy atom. The van der Waals surface area contributed by atoms with E-state index in [4.69, 9.17) is 10.5 Å². The van der Waals surface area contributed by atoms with E-state index in [0.717, 1.165) is 19.3 Å². The maximum atomic E-state index is 12.9. The van der Waals surface area contributed by atoms with E-state index in [2.05, 4.69) is 6.92 Å². The summed E-state index contributed by atoms with van der Waals surface area (Å²) in [5, 5.41) is 0. The van der Waals surface area contributed by atoms with Crippen LogP contribution in [0.2, 0.25) is 0 Å². The molecular weight excluding hydrogens is 240 g/mol. The number of nitrogens with zero attached hydrogens (tertiary/aromatic N) is 1. The van der Waals surface area contributed by atoms with Crippen molar-refractivity contribution >= 4 is 5.91 Å². The molecule has 1 heterocycles. The van der Waals surface area contributed by atoms with Crippen LogP contribution in [0, 0.1) is 5.41 Å². The molecule has 0 aromatic heterocycles. The van der Waals surface area contributed by atoms with Gasteiger partial charge in [-0.15, -0.1) is 0 Å². The summed E-state index contributed by atoms with van der Waals surface area (Å²) in [5.41, 5.74) is 5.35. The molecule has 2 rings (SSSR count). The van der Waals surface area contributed by atoms with Gasteiger partial charge in [-0.1, -0.05) is 19.8 Å². The standard InChI is InChI=1S/C15H28N2O2/c1-4-15(7-5-6-8-15)13(18)17-10-12(9-16)19-14(2,3)11-17/h12H,4-11,16H2,1-3H3. The van der Waals surface area contributed by atoms with Gasteiger partial charge in [0.25, 0.3) is 0 Å². The number of ether oxygens (including phenoxy) is 1. The first-order valence-corrected chi connectivity index (χ1v) is 7.60. The Hall–Kier alpha value is -0.610. The summed E-state index contributed by atoms with van der Waals surface area (Å²) in [7, 11) is 0. The average Bonchev–Trinajstić information content (AvgIpc) is 2.85. The summed E-state index contributed by atoms with van der Waals surface area (Å²) in [6.45, 7) is 8.05. The van der Waals surface area contributed by atoms with Crippen LogP contribution in [0.1, 0.15) is 52.9 Å². The molecule has 19 heavy (non-hydrogen) atoms. The highest BCUT2D eigenvalue weighted by Crippen LogP contribution is 2.43. The minimum absolute atomic E-state index is 0.0250. The van der Waals surface area contributed by atoms with Gasteiger partial charge in [-0.25, -0.2) is 0 Å².